The van der Waals surface area contributed by atoms with Crippen LogP contribution in [0.5, 0.6) is 5.75 Å². The van der Waals surface area contributed by atoms with Crippen LogP contribution in [0, 0.1) is 13.8 Å². The lowest BCUT2D eigenvalue weighted by Gasteiger charge is -2.21. The van der Waals surface area contributed by atoms with Gasteiger partial charge in [0.05, 0.1) is 0 Å². The first kappa shape index (κ1) is 16.4. The quantitative estimate of drug-likeness (QED) is 0.869. The Bertz CT molecular complexity index is 742. The van der Waals surface area contributed by atoms with Gasteiger partial charge in [-0.25, -0.2) is 0 Å². The van der Waals surface area contributed by atoms with Crippen molar-refractivity contribution in [3.63, 3.8) is 0 Å². The molecule has 0 spiro atoms. The van der Waals surface area contributed by atoms with Crippen molar-refractivity contribution in [1.82, 2.24) is 4.90 Å². The molecule has 1 amide bonds. The summed E-state index contributed by atoms with van der Waals surface area (Å²) in [5, 5.41) is 0. The molecule has 0 fully saturated rings. The third kappa shape index (κ3) is 3.53. The minimum atomic E-state index is 0.0287. The number of carbonyl (C=O) groups excluding carboxylic acids is 1. The number of carbonyl (C=O) groups is 1. The van der Waals surface area contributed by atoms with E-state index in [1.165, 1.54) is 11.3 Å². The summed E-state index contributed by atoms with van der Waals surface area (Å²) in [6.07, 6.45) is 0. The van der Waals surface area contributed by atoms with Crippen molar-refractivity contribution in [2.75, 3.05) is 31.6 Å². The number of nitrogens with zero attached hydrogens (tertiary/aromatic N) is 2. The molecule has 24 heavy (non-hydrogen) atoms. The van der Waals surface area contributed by atoms with Crippen LogP contribution in [0.1, 0.15) is 16.7 Å². The molecular weight excluding hydrogens is 300 g/mol. The van der Waals surface area contributed by atoms with Gasteiger partial charge in [0.15, 0.2) is 6.61 Å². The predicted molar refractivity (Wildman–Crippen MR) is 96.5 cm³/mol. The number of anilines is 1. The van der Waals surface area contributed by atoms with Crippen molar-refractivity contribution in [2.45, 2.75) is 20.4 Å². The second-order valence-corrected chi connectivity index (χ2v) is 6.42. The van der Waals surface area contributed by atoms with Crippen LogP contribution < -0.4 is 9.64 Å². The summed E-state index contributed by atoms with van der Waals surface area (Å²) in [4.78, 5) is 16.7. The van der Waals surface area contributed by atoms with Crippen LogP contribution in [0.4, 0.5) is 5.69 Å². The first-order valence-corrected chi connectivity index (χ1v) is 8.31. The Hall–Kier alpha value is -2.49. The normalized spacial score (nSPS) is 14.1. The average Bonchev–Trinajstić information content (AvgIpc) is 2.75. The highest BCUT2D eigenvalue weighted by Crippen LogP contribution is 2.24. The lowest BCUT2D eigenvalue weighted by atomic mass is 10.1. The third-order valence-electron chi connectivity index (χ3n) is 4.52. The fraction of sp³-hybridized carbons (Fsp3) is 0.350. The zero-order valence-electron chi connectivity index (χ0n) is 14.6. The molecule has 0 aliphatic carbocycles. The Morgan fingerprint density at radius 2 is 1.92 bits per heavy atom. The summed E-state index contributed by atoms with van der Waals surface area (Å²) in [7, 11) is 2.07. The third-order valence-corrected chi connectivity index (χ3v) is 4.52. The zero-order chi connectivity index (χ0) is 17.1. The van der Waals surface area contributed by atoms with Crippen molar-refractivity contribution >= 4 is 11.6 Å². The minimum Gasteiger partial charge on any atom is -0.483 e. The van der Waals surface area contributed by atoms with Crippen molar-refractivity contribution in [3.8, 4) is 5.75 Å². The van der Waals surface area contributed by atoms with E-state index in [1.807, 2.05) is 49.1 Å². The fourth-order valence-electron chi connectivity index (χ4n) is 3.00. The van der Waals surface area contributed by atoms with Crippen LogP contribution in [0.3, 0.4) is 0 Å². The molecule has 4 heteroatoms. The number of rotatable bonds is 3. The highest BCUT2D eigenvalue weighted by Gasteiger charge is 2.21. The fourth-order valence-corrected chi connectivity index (χ4v) is 3.00. The number of para-hydroxylation sites is 1. The molecule has 0 bridgehead atoms. The van der Waals surface area contributed by atoms with Gasteiger partial charge in [0, 0.05) is 32.4 Å². The first-order chi connectivity index (χ1) is 11.5. The molecule has 0 saturated heterocycles. The lowest BCUT2D eigenvalue weighted by molar-refractivity contribution is -0.133. The molecule has 4 nitrogen and oxygen atoms in total. The number of ether oxygens (including phenoxy) is 1. The van der Waals surface area contributed by atoms with Gasteiger partial charge in [-0.15, -0.1) is 0 Å². The van der Waals surface area contributed by atoms with E-state index in [0.717, 1.165) is 23.4 Å². The van der Waals surface area contributed by atoms with E-state index < -0.39 is 0 Å². The van der Waals surface area contributed by atoms with E-state index in [4.69, 9.17) is 4.74 Å². The first-order valence-electron chi connectivity index (χ1n) is 8.31. The van der Waals surface area contributed by atoms with Gasteiger partial charge in [-0.3, -0.25) is 4.79 Å². The van der Waals surface area contributed by atoms with Crippen LogP contribution in [0.25, 0.3) is 0 Å². The standard InChI is InChI=1S/C20H24N2O2/c1-15-8-9-16(2)19(12-15)24-14-20(23)22-11-10-21(3)18-7-5-4-6-17(18)13-22/h4-9,12H,10-11,13-14H2,1-3H3. The second-order valence-electron chi connectivity index (χ2n) is 6.42. The van der Waals surface area contributed by atoms with Crippen LogP contribution >= 0.6 is 0 Å². The minimum absolute atomic E-state index is 0.0287. The van der Waals surface area contributed by atoms with Crippen LogP contribution in [0.2, 0.25) is 0 Å². The predicted octanol–water partition coefficient (Wildman–Crippen LogP) is 3.16. The lowest BCUT2D eigenvalue weighted by Crippen LogP contribution is -2.37. The van der Waals surface area contributed by atoms with Gasteiger partial charge in [0.2, 0.25) is 0 Å². The average molecular weight is 324 g/mol. The van der Waals surface area contributed by atoms with E-state index >= 15 is 0 Å². The van der Waals surface area contributed by atoms with Gasteiger partial charge in [0.1, 0.15) is 5.75 Å². The highest BCUT2D eigenvalue weighted by atomic mass is 16.5. The van der Waals surface area contributed by atoms with Crippen LogP contribution in [-0.2, 0) is 11.3 Å². The van der Waals surface area contributed by atoms with Crippen molar-refractivity contribution in [2.24, 2.45) is 0 Å². The maximum atomic E-state index is 12.6. The number of fused-ring (bicyclic) bond motifs is 1. The van der Waals surface area contributed by atoms with Gasteiger partial charge >= 0.3 is 0 Å². The van der Waals surface area contributed by atoms with Gasteiger partial charge in [0.25, 0.3) is 5.91 Å². The molecule has 1 aliphatic heterocycles. The Kier molecular flexibility index (Phi) is 4.74. The monoisotopic (exact) mass is 324 g/mol. The number of hydrogen-bond acceptors (Lipinski definition) is 3. The Labute approximate surface area is 143 Å². The zero-order valence-corrected chi connectivity index (χ0v) is 14.6. The Morgan fingerprint density at radius 3 is 2.75 bits per heavy atom. The number of hydrogen-bond donors (Lipinski definition) is 0. The largest absolute Gasteiger partial charge is 0.483 e. The molecule has 0 aromatic heterocycles. The summed E-state index contributed by atoms with van der Waals surface area (Å²) in [5.41, 5.74) is 4.56. The highest BCUT2D eigenvalue weighted by molar-refractivity contribution is 5.78. The maximum Gasteiger partial charge on any atom is 0.260 e. The van der Waals surface area contributed by atoms with Crippen molar-refractivity contribution < 1.29 is 9.53 Å². The summed E-state index contributed by atoms with van der Waals surface area (Å²) in [6, 6.07) is 14.3. The SMILES string of the molecule is Cc1ccc(C)c(OCC(=O)N2CCN(C)c3ccccc3C2)c1. The number of amides is 1. The van der Waals surface area contributed by atoms with Crippen molar-refractivity contribution in [1.29, 1.82) is 0 Å². The summed E-state index contributed by atoms with van der Waals surface area (Å²) in [6.45, 7) is 6.27. The van der Waals surface area contributed by atoms with Crippen LogP contribution in [0.15, 0.2) is 42.5 Å². The van der Waals surface area contributed by atoms with E-state index in [1.54, 1.807) is 0 Å². The molecule has 0 saturated carbocycles. The molecular formula is C20H24N2O2. The summed E-state index contributed by atoms with van der Waals surface area (Å²) in [5.74, 6) is 0.816. The smallest absolute Gasteiger partial charge is 0.260 e. The van der Waals surface area contributed by atoms with E-state index in [2.05, 4.69) is 24.1 Å². The molecule has 0 N–H and O–H groups in total. The maximum absolute atomic E-state index is 12.6. The number of likely N-dealkylation sites (N-methyl/N-ethyl adjacent to an activating group) is 1. The van der Waals surface area contributed by atoms with Gasteiger partial charge in [-0.1, -0.05) is 30.3 Å². The van der Waals surface area contributed by atoms with Crippen molar-refractivity contribution in [3.05, 3.63) is 59.2 Å². The molecule has 0 atom stereocenters. The van der Waals surface area contributed by atoms with Crippen LogP contribution in [-0.4, -0.2) is 37.6 Å². The second kappa shape index (κ2) is 6.95. The van der Waals surface area contributed by atoms with E-state index in [9.17, 15) is 4.79 Å². The molecule has 126 valence electrons. The van der Waals surface area contributed by atoms with Gasteiger partial charge < -0.3 is 14.5 Å². The molecule has 2 aromatic rings. The Morgan fingerprint density at radius 1 is 1.12 bits per heavy atom. The van der Waals surface area contributed by atoms with Gasteiger partial charge in [-0.05, 0) is 42.7 Å². The van der Waals surface area contributed by atoms with E-state index in [0.29, 0.717) is 13.1 Å². The van der Waals surface area contributed by atoms with Gasteiger partial charge in [-0.2, -0.15) is 0 Å². The summed E-state index contributed by atoms with van der Waals surface area (Å²) >= 11 is 0. The molecule has 1 aliphatic rings. The molecule has 0 unspecified atom stereocenters. The molecule has 3 rings (SSSR count). The number of aryl methyl sites for hydroxylation is 2. The molecule has 2 aromatic carbocycles. The summed E-state index contributed by atoms with van der Waals surface area (Å²) < 4.78 is 5.78. The van der Waals surface area contributed by atoms with E-state index in [-0.39, 0.29) is 12.5 Å². The topological polar surface area (TPSA) is 32.8 Å². The molecule has 0 radical (unpaired) electrons. The Balaban J connectivity index is 1.68. The molecule has 1 heterocycles. The number of benzene rings is 2.